The number of nitrogens with one attached hydrogen (secondary N) is 1. The average molecular weight is 337 g/mol. The molecule has 23 heavy (non-hydrogen) atoms. The smallest absolute Gasteiger partial charge is 0.251 e. The third-order valence-corrected chi connectivity index (χ3v) is 6.25. The normalized spacial score (nSPS) is 24.7. The lowest BCUT2D eigenvalue weighted by atomic mass is 9.94. The van der Waals surface area contributed by atoms with E-state index in [1.54, 1.807) is 18.2 Å². The van der Waals surface area contributed by atoms with Gasteiger partial charge in [0, 0.05) is 28.2 Å². The molecule has 126 valence electrons. The fourth-order valence-electron chi connectivity index (χ4n) is 3.23. The van der Waals surface area contributed by atoms with Gasteiger partial charge in [-0.15, -0.1) is 0 Å². The van der Waals surface area contributed by atoms with E-state index in [0.29, 0.717) is 36.0 Å². The summed E-state index contributed by atoms with van der Waals surface area (Å²) < 4.78 is 23.2. The van der Waals surface area contributed by atoms with Gasteiger partial charge in [0.1, 0.15) is 13.2 Å². The maximum Gasteiger partial charge on any atom is 0.251 e. The first-order chi connectivity index (χ1) is 11.2. The Hall–Kier alpha value is -1.56. The zero-order valence-corrected chi connectivity index (χ0v) is 14.2. The van der Waals surface area contributed by atoms with Gasteiger partial charge in [-0.25, -0.2) is 0 Å². The summed E-state index contributed by atoms with van der Waals surface area (Å²) in [5.41, 5.74) is 0.556. The third kappa shape index (κ3) is 3.68. The van der Waals surface area contributed by atoms with Crippen molar-refractivity contribution in [1.82, 2.24) is 5.32 Å². The van der Waals surface area contributed by atoms with Crippen molar-refractivity contribution in [3.05, 3.63) is 23.8 Å². The van der Waals surface area contributed by atoms with Gasteiger partial charge >= 0.3 is 0 Å². The molecule has 1 N–H and O–H groups in total. The molecule has 1 aromatic carbocycles. The van der Waals surface area contributed by atoms with E-state index in [1.807, 2.05) is 6.92 Å². The number of rotatable bonds is 4. The van der Waals surface area contributed by atoms with Crippen molar-refractivity contribution in [2.75, 3.05) is 19.0 Å². The summed E-state index contributed by atoms with van der Waals surface area (Å²) in [5, 5.41) is 3.14. The first-order valence-electron chi connectivity index (χ1n) is 8.26. The van der Waals surface area contributed by atoms with Crippen LogP contribution < -0.4 is 14.8 Å². The summed E-state index contributed by atoms with van der Waals surface area (Å²) >= 11 is 0. The van der Waals surface area contributed by atoms with Gasteiger partial charge in [0.15, 0.2) is 11.5 Å². The molecule has 1 fully saturated rings. The summed E-state index contributed by atoms with van der Waals surface area (Å²) in [6.45, 7) is 2.97. The van der Waals surface area contributed by atoms with Gasteiger partial charge in [0.2, 0.25) is 0 Å². The second-order valence-electron chi connectivity index (χ2n) is 5.93. The van der Waals surface area contributed by atoms with Crippen molar-refractivity contribution in [1.29, 1.82) is 0 Å². The first-order valence-corrected chi connectivity index (χ1v) is 9.65. The highest BCUT2D eigenvalue weighted by Crippen LogP contribution is 2.31. The molecule has 3 rings (SSSR count). The predicted molar refractivity (Wildman–Crippen MR) is 89.6 cm³/mol. The van der Waals surface area contributed by atoms with E-state index >= 15 is 0 Å². The fraction of sp³-hybridized carbons (Fsp3) is 0.588. The first kappa shape index (κ1) is 16.3. The van der Waals surface area contributed by atoms with Crippen LogP contribution in [-0.2, 0) is 10.8 Å². The number of carbonyl (C=O) groups is 1. The van der Waals surface area contributed by atoms with Crippen LogP contribution in [0.25, 0.3) is 0 Å². The number of amides is 1. The summed E-state index contributed by atoms with van der Waals surface area (Å²) in [4.78, 5) is 12.5. The van der Waals surface area contributed by atoms with Crippen molar-refractivity contribution in [2.24, 2.45) is 0 Å². The Kier molecular flexibility index (Phi) is 5.20. The summed E-state index contributed by atoms with van der Waals surface area (Å²) in [6.07, 6.45) is 3.98. The lowest BCUT2D eigenvalue weighted by Gasteiger charge is -2.31. The molecule has 3 atom stereocenters. The summed E-state index contributed by atoms with van der Waals surface area (Å²) in [5.74, 6) is 1.80. The van der Waals surface area contributed by atoms with Crippen LogP contribution in [0.2, 0.25) is 0 Å². The molecule has 1 saturated carbocycles. The molecule has 1 amide bonds. The molecule has 2 aliphatic rings. The molecule has 0 radical (unpaired) electrons. The van der Waals surface area contributed by atoms with E-state index < -0.39 is 10.8 Å². The molecule has 0 aromatic heterocycles. The van der Waals surface area contributed by atoms with Crippen LogP contribution in [0.4, 0.5) is 0 Å². The molecular formula is C17H23NO4S. The zero-order valence-electron chi connectivity index (χ0n) is 13.4. The minimum absolute atomic E-state index is 0.00904. The molecule has 1 aromatic rings. The number of ether oxygens (including phenoxy) is 2. The maximum atomic E-state index is 12.5. The van der Waals surface area contributed by atoms with Gasteiger partial charge in [0.25, 0.3) is 5.91 Å². The van der Waals surface area contributed by atoms with Gasteiger partial charge in [-0.1, -0.05) is 19.8 Å². The predicted octanol–water partition coefficient (Wildman–Crippen LogP) is 2.27. The van der Waals surface area contributed by atoms with E-state index in [1.165, 1.54) is 0 Å². The second kappa shape index (κ2) is 7.34. The number of fused-ring (bicyclic) bond motifs is 1. The van der Waals surface area contributed by atoms with E-state index in [-0.39, 0.29) is 17.2 Å². The van der Waals surface area contributed by atoms with Gasteiger partial charge < -0.3 is 14.8 Å². The maximum absolute atomic E-state index is 12.5. The SMILES string of the molecule is CCS(=O)C1CCCCC1NC(=O)c1ccc2c(c1)OCCO2. The molecule has 1 heterocycles. The van der Waals surface area contributed by atoms with Gasteiger partial charge in [-0.05, 0) is 31.0 Å². The van der Waals surface area contributed by atoms with Crippen molar-refractivity contribution in [2.45, 2.75) is 43.9 Å². The van der Waals surface area contributed by atoms with Crippen LogP contribution in [0.3, 0.4) is 0 Å². The second-order valence-corrected chi connectivity index (χ2v) is 7.88. The number of hydrogen-bond donors (Lipinski definition) is 1. The Balaban J connectivity index is 1.71. The third-order valence-electron chi connectivity index (χ3n) is 4.45. The Morgan fingerprint density at radius 1 is 1.22 bits per heavy atom. The van der Waals surface area contributed by atoms with E-state index in [2.05, 4.69) is 5.32 Å². The Morgan fingerprint density at radius 3 is 2.74 bits per heavy atom. The largest absolute Gasteiger partial charge is 0.486 e. The number of hydrogen-bond acceptors (Lipinski definition) is 4. The Labute approximate surface area is 139 Å². The molecule has 0 saturated heterocycles. The average Bonchev–Trinajstić information content (AvgIpc) is 2.61. The molecule has 0 spiro atoms. The topological polar surface area (TPSA) is 64.6 Å². The van der Waals surface area contributed by atoms with Gasteiger partial charge in [-0.3, -0.25) is 9.00 Å². The highest BCUT2D eigenvalue weighted by molar-refractivity contribution is 7.85. The quantitative estimate of drug-likeness (QED) is 0.915. The van der Waals surface area contributed by atoms with Crippen molar-refractivity contribution in [3.63, 3.8) is 0 Å². The molecule has 6 heteroatoms. The number of carbonyl (C=O) groups excluding carboxylic acids is 1. The van der Waals surface area contributed by atoms with Gasteiger partial charge in [-0.2, -0.15) is 0 Å². The van der Waals surface area contributed by atoms with E-state index in [0.717, 1.165) is 25.7 Å². The summed E-state index contributed by atoms with van der Waals surface area (Å²) in [6, 6.07) is 5.23. The molecule has 1 aliphatic carbocycles. The van der Waals surface area contributed by atoms with Crippen LogP contribution in [0, 0.1) is 0 Å². The van der Waals surface area contributed by atoms with Crippen LogP contribution >= 0.6 is 0 Å². The van der Waals surface area contributed by atoms with Crippen LogP contribution in [0.15, 0.2) is 18.2 Å². The Morgan fingerprint density at radius 2 is 1.96 bits per heavy atom. The fourth-order valence-corrected chi connectivity index (χ4v) is 4.66. The number of benzene rings is 1. The molecule has 1 aliphatic heterocycles. The van der Waals surface area contributed by atoms with Crippen LogP contribution in [-0.4, -0.2) is 40.4 Å². The van der Waals surface area contributed by atoms with Crippen molar-refractivity contribution in [3.8, 4) is 11.5 Å². The van der Waals surface area contributed by atoms with Crippen molar-refractivity contribution < 1.29 is 18.5 Å². The van der Waals surface area contributed by atoms with Crippen LogP contribution in [0.5, 0.6) is 11.5 Å². The zero-order chi connectivity index (χ0) is 16.2. The summed E-state index contributed by atoms with van der Waals surface area (Å²) in [7, 11) is -0.878. The monoisotopic (exact) mass is 337 g/mol. The lowest BCUT2D eigenvalue weighted by molar-refractivity contribution is 0.0928. The lowest BCUT2D eigenvalue weighted by Crippen LogP contribution is -2.47. The molecule has 0 bridgehead atoms. The van der Waals surface area contributed by atoms with E-state index in [4.69, 9.17) is 9.47 Å². The van der Waals surface area contributed by atoms with Crippen molar-refractivity contribution >= 4 is 16.7 Å². The van der Waals surface area contributed by atoms with Crippen LogP contribution in [0.1, 0.15) is 43.0 Å². The highest BCUT2D eigenvalue weighted by Gasteiger charge is 2.30. The minimum Gasteiger partial charge on any atom is -0.486 e. The molecule has 3 unspecified atom stereocenters. The standard InChI is InChI=1S/C17H23NO4S/c1-2-23(20)16-6-4-3-5-13(16)18-17(19)12-7-8-14-15(11-12)22-10-9-21-14/h7-8,11,13,16H,2-6,9-10H2,1H3,(H,18,19). The highest BCUT2D eigenvalue weighted by atomic mass is 32.2. The van der Waals surface area contributed by atoms with E-state index in [9.17, 15) is 9.00 Å². The van der Waals surface area contributed by atoms with Gasteiger partial charge in [0.05, 0.1) is 5.25 Å². The minimum atomic E-state index is -0.878. The Bertz CT molecular complexity index is 604. The molecular weight excluding hydrogens is 314 g/mol. The molecule has 5 nitrogen and oxygen atoms in total.